The summed E-state index contributed by atoms with van der Waals surface area (Å²) in [5.41, 5.74) is 0. The Labute approximate surface area is 95.3 Å². The fourth-order valence-corrected chi connectivity index (χ4v) is 3.22. The van der Waals surface area contributed by atoms with Crippen molar-refractivity contribution in [1.29, 1.82) is 0 Å². The van der Waals surface area contributed by atoms with Crippen molar-refractivity contribution in [2.45, 2.75) is 37.6 Å². The summed E-state index contributed by atoms with van der Waals surface area (Å²) >= 11 is 0. The Bertz CT molecular complexity index is 222. The number of morpholine rings is 1. The van der Waals surface area contributed by atoms with Gasteiger partial charge in [-0.15, -0.1) is 9.24 Å². The summed E-state index contributed by atoms with van der Waals surface area (Å²) in [5, 5.41) is 0. The van der Waals surface area contributed by atoms with Crippen LogP contribution in [0.4, 0.5) is 0 Å². The molecule has 0 radical (unpaired) electrons. The minimum atomic E-state index is 0.327. The normalized spacial score (nSPS) is 38.1. The highest BCUT2D eigenvalue weighted by molar-refractivity contribution is 7.17. The maximum Gasteiger partial charge on any atom is 0.0838 e. The van der Waals surface area contributed by atoms with E-state index < -0.39 is 0 Å². The van der Waals surface area contributed by atoms with Gasteiger partial charge in [0.15, 0.2) is 0 Å². The van der Waals surface area contributed by atoms with Crippen LogP contribution in [0.15, 0.2) is 12.2 Å². The number of hydrogen-bond acceptors (Lipinski definition) is 2. The molecule has 0 spiro atoms. The number of rotatable bonds is 2. The highest BCUT2D eigenvalue weighted by atomic mass is 31.0. The van der Waals surface area contributed by atoms with E-state index in [1.165, 1.54) is 25.7 Å². The average Bonchev–Trinajstić information content (AvgIpc) is 2.17. The molecule has 0 saturated carbocycles. The highest BCUT2D eigenvalue weighted by Gasteiger charge is 2.25. The Hall–Kier alpha value is 0.0900. The van der Waals surface area contributed by atoms with Gasteiger partial charge in [0.1, 0.15) is 0 Å². The zero-order valence-corrected chi connectivity index (χ0v) is 10.7. The SMILES string of the molecule is CN1CC(P)OC(CC2CC=CCC2)C1. The first kappa shape index (κ1) is 11.6. The largest absolute Gasteiger partial charge is 0.368 e. The minimum absolute atomic E-state index is 0.327. The van der Waals surface area contributed by atoms with Crippen LogP contribution < -0.4 is 0 Å². The van der Waals surface area contributed by atoms with Crippen molar-refractivity contribution in [3.63, 3.8) is 0 Å². The smallest absolute Gasteiger partial charge is 0.0838 e. The Morgan fingerprint density at radius 2 is 2.27 bits per heavy atom. The topological polar surface area (TPSA) is 12.5 Å². The molecule has 2 nitrogen and oxygen atoms in total. The molecule has 2 rings (SSSR count). The third-order valence-corrected chi connectivity index (χ3v) is 3.72. The van der Waals surface area contributed by atoms with Gasteiger partial charge in [-0.3, -0.25) is 0 Å². The molecule has 2 aliphatic rings. The van der Waals surface area contributed by atoms with E-state index in [9.17, 15) is 0 Å². The molecule has 1 aliphatic heterocycles. The van der Waals surface area contributed by atoms with Crippen LogP contribution in [0.1, 0.15) is 25.7 Å². The van der Waals surface area contributed by atoms with E-state index in [-0.39, 0.29) is 0 Å². The fourth-order valence-electron chi connectivity index (χ4n) is 2.63. The van der Waals surface area contributed by atoms with Crippen LogP contribution in [0.5, 0.6) is 0 Å². The monoisotopic (exact) mass is 227 g/mol. The zero-order valence-electron chi connectivity index (χ0n) is 9.56. The third kappa shape index (κ3) is 3.55. The van der Waals surface area contributed by atoms with E-state index in [1.54, 1.807) is 0 Å². The summed E-state index contributed by atoms with van der Waals surface area (Å²) in [6, 6.07) is 0. The lowest BCUT2D eigenvalue weighted by Gasteiger charge is -2.36. The number of hydrogen-bond donors (Lipinski definition) is 0. The first-order valence-corrected chi connectivity index (χ1v) is 6.65. The van der Waals surface area contributed by atoms with E-state index in [0.717, 1.165) is 19.0 Å². The molecule has 0 aromatic heterocycles. The first-order valence-electron chi connectivity index (χ1n) is 5.98. The summed E-state index contributed by atoms with van der Waals surface area (Å²) in [4.78, 5) is 2.38. The molecule has 4 atom stereocenters. The van der Waals surface area contributed by atoms with Crippen LogP contribution in [0.2, 0.25) is 0 Å². The van der Waals surface area contributed by atoms with Crippen molar-refractivity contribution in [2.75, 3.05) is 20.1 Å². The second-order valence-electron chi connectivity index (χ2n) is 4.90. The molecular formula is C12H22NOP. The second kappa shape index (κ2) is 5.43. The molecule has 0 aromatic rings. The predicted octanol–water partition coefficient (Wildman–Crippen LogP) is 2.26. The molecule has 1 aliphatic carbocycles. The van der Waals surface area contributed by atoms with Gasteiger partial charge in [0, 0.05) is 13.1 Å². The van der Waals surface area contributed by atoms with Crippen LogP contribution in [0, 0.1) is 5.92 Å². The number of allylic oxidation sites excluding steroid dienone is 2. The van der Waals surface area contributed by atoms with Gasteiger partial charge in [-0.25, -0.2) is 0 Å². The van der Waals surface area contributed by atoms with Crippen LogP contribution in [0.25, 0.3) is 0 Å². The number of nitrogens with zero attached hydrogens (tertiary/aromatic N) is 1. The number of likely N-dealkylation sites (N-methyl/N-ethyl adjacent to an activating group) is 1. The Morgan fingerprint density at radius 3 is 2.93 bits per heavy atom. The summed E-state index contributed by atoms with van der Waals surface area (Å²) in [6.45, 7) is 2.15. The fraction of sp³-hybridized carbons (Fsp3) is 0.833. The summed E-state index contributed by atoms with van der Waals surface area (Å²) in [7, 11) is 4.98. The Balaban J connectivity index is 1.80. The maximum atomic E-state index is 5.96. The molecule has 15 heavy (non-hydrogen) atoms. The van der Waals surface area contributed by atoms with Gasteiger partial charge in [0.05, 0.1) is 11.9 Å². The molecule has 0 bridgehead atoms. The molecule has 0 amide bonds. The zero-order chi connectivity index (χ0) is 10.7. The van der Waals surface area contributed by atoms with E-state index in [4.69, 9.17) is 4.74 Å². The summed E-state index contributed by atoms with van der Waals surface area (Å²) in [6.07, 6.45) is 10.2. The van der Waals surface area contributed by atoms with Gasteiger partial charge in [0.25, 0.3) is 0 Å². The number of ether oxygens (including phenoxy) is 1. The lowest BCUT2D eigenvalue weighted by Crippen LogP contribution is -2.44. The van der Waals surface area contributed by atoms with E-state index >= 15 is 0 Å². The van der Waals surface area contributed by atoms with Gasteiger partial charge in [-0.05, 0) is 38.6 Å². The van der Waals surface area contributed by atoms with Crippen LogP contribution in [0.3, 0.4) is 0 Å². The third-order valence-electron chi connectivity index (χ3n) is 3.35. The molecular weight excluding hydrogens is 205 g/mol. The van der Waals surface area contributed by atoms with Gasteiger partial charge in [-0.1, -0.05) is 12.2 Å². The van der Waals surface area contributed by atoms with Crippen molar-refractivity contribution in [1.82, 2.24) is 4.90 Å². The van der Waals surface area contributed by atoms with Gasteiger partial charge < -0.3 is 9.64 Å². The van der Waals surface area contributed by atoms with E-state index in [0.29, 0.717) is 11.9 Å². The van der Waals surface area contributed by atoms with E-state index in [1.807, 2.05) is 0 Å². The summed E-state index contributed by atoms with van der Waals surface area (Å²) in [5.74, 6) is 1.18. The second-order valence-corrected chi connectivity index (χ2v) is 5.65. The maximum absolute atomic E-state index is 5.96. The quantitative estimate of drug-likeness (QED) is 0.530. The van der Waals surface area contributed by atoms with Gasteiger partial charge in [0.2, 0.25) is 0 Å². The first-order chi connectivity index (χ1) is 7.24. The Kier molecular flexibility index (Phi) is 4.19. The van der Waals surface area contributed by atoms with E-state index in [2.05, 4.69) is 33.3 Å². The molecule has 86 valence electrons. The van der Waals surface area contributed by atoms with Crippen molar-refractivity contribution in [2.24, 2.45) is 5.92 Å². The standard InChI is InChI=1S/C12H22NOP/c1-13-8-11(14-12(15)9-13)7-10-5-3-2-4-6-10/h2-3,10-12H,4-9,15H2,1H3. The van der Waals surface area contributed by atoms with Gasteiger partial charge in [-0.2, -0.15) is 0 Å². The Morgan fingerprint density at radius 1 is 1.40 bits per heavy atom. The lowest BCUT2D eigenvalue weighted by atomic mass is 9.89. The van der Waals surface area contributed by atoms with Gasteiger partial charge >= 0.3 is 0 Å². The molecule has 3 heteroatoms. The van der Waals surface area contributed by atoms with Crippen molar-refractivity contribution in [3.05, 3.63) is 12.2 Å². The molecule has 4 unspecified atom stereocenters. The molecule has 0 aromatic carbocycles. The van der Waals surface area contributed by atoms with Crippen molar-refractivity contribution in [3.8, 4) is 0 Å². The van der Waals surface area contributed by atoms with Crippen molar-refractivity contribution >= 4 is 9.24 Å². The molecule has 1 heterocycles. The van der Waals surface area contributed by atoms with Crippen LogP contribution in [-0.4, -0.2) is 37.0 Å². The minimum Gasteiger partial charge on any atom is -0.368 e. The van der Waals surface area contributed by atoms with Crippen LogP contribution >= 0.6 is 9.24 Å². The lowest BCUT2D eigenvalue weighted by molar-refractivity contribution is -0.0487. The predicted molar refractivity (Wildman–Crippen MR) is 67.0 cm³/mol. The molecule has 1 saturated heterocycles. The van der Waals surface area contributed by atoms with Crippen LogP contribution in [-0.2, 0) is 4.74 Å². The van der Waals surface area contributed by atoms with Crippen molar-refractivity contribution < 1.29 is 4.74 Å². The average molecular weight is 227 g/mol. The molecule has 0 N–H and O–H groups in total. The summed E-state index contributed by atoms with van der Waals surface area (Å²) < 4.78 is 5.96. The highest BCUT2D eigenvalue weighted by Crippen LogP contribution is 2.27. The molecule has 1 fully saturated rings.